The molecule has 4 aromatic carbocycles. The third kappa shape index (κ3) is 9.10. The fourth-order valence-electron chi connectivity index (χ4n) is 7.43. The molecule has 0 amide bonds. The number of hydrogen-bond acceptors (Lipinski definition) is 8. The summed E-state index contributed by atoms with van der Waals surface area (Å²) >= 11 is 1.77. The van der Waals surface area contributed by atoms with Gasteiger partial charge in [-0.2, -0.15) is 0 Å². The molecule has 1 saturated heterocycles. The number of ether oxygens (including phenoxy) is 3. The Morgan fingerprint density at radius 2 is 1.29 bits per heavy atom. The molecule has 59 heavy (non-hydrogen) atoms. The van der Waals surface area contributed by atoms with E-state index < -0.39 is 39.1 Å². The van der Waals surface area contributed by atoms with Gasteiger partial charge in [0, 0.05) is 16.0 Å². The van der Waals surface area contributed by atoms with Gasteiger partial charge in [-0.3, -0.25) is 0 Å². The Balaban J connectivity index is 0.000000199. The molecule has 7 rings (SSSR count). The molecule has 0 aromatic heterocycles. The molecule has 7 nitrogen and oxygen atoms in total. The zero-order valence-corrected chi connectivity index (χ0v) is 41.9. The molecule has 1 fully saturated rings. The number of fused-ring (bicyclic) bond motifs is 4. The molecular weight excluding hydrogens is 809 g/mol. The second kappa shape index (κ2) is 15.8. The van der Waals surface area contributed by atoms with E-state index in [1.165, 1.54) is 20.9 Å². The first-order valence-corrected chi connectivity index (χ1v) is 28.6. The van der Waals surface area contributed by atoms with E-state index in [1.54, 1.807) is 42.1 Å². The Labute approximate surface area is 361 Å². The predicted octanol–water partition coefficient (Wildman–Crippen LogP) is 12.3. The molecule has 2 atom stereocenters. The topological polar surface area (TPSA) is 83.6 Å². The standard InChI is InChI=1S/C24H32O5SSi.C24H32O2SSi/c1-22(2,3)17-10-9-11-19(20(17)29-31(7)8)30(25,26)15-12-13-18-16(14-15)21-24(6,28-21)23(4,5)27-18;1-16-14-17-15-18(12-13-20(17)25-24(16,5)6)27-21-11-9-10-19(23(2,3)4)22(21)26-28(7)8/h9-14,21,31H,1-8H3;9-15,28H,1-8H3/t21-,24-;/m0./s1. The van der Waals surface area contributed by atoms with Gasteiger partial charge in [0.05, 0.1) is 9.79 Å². The molecule has 0 unspecified atom stereocenters. The van der Waals surface area contributed by atoms with E-state index >= 15 is 0 Å². The zero-order valence-electron chi connectivity index (χ0n) is 37.9. The van der Waals surface area contributed by atoms with Crippen molar-refractivity contribution < 1.29 is 31.5 Å². The van der Waals surface area contributed by atoms with Crippen molar-refractivity contribution in [1.82, 2.24) is 0 Å². The summed E-state index contributed by atoms with van der Waals surface area (Å²) in [5, 5.41) is 0. The second-order valence-electron chi connectivity index (χ2n) is 19.8. The number of rotatable bonds is 8. The van der Waals surface area contributed by atoms with Crippen LogP contribution in [0, 0.1) is 0 Å². The second-order valence-corrected chi connectivity index (χ2v) is 27.5. The minimum atomic E-state index is -3.80. The molecule has 3 aliphatic heterocycles. The van der Waals surface area contributed by atoms with E-state index in [2.05, 4.69) is 118 Å². The molecular formula is C48H64O7S2Si2. The van der Waals surface area contributed by atoms with Gasteiger partial charge in [0.15, 0.2) is 0 Å². The summed E-state index contributed by atoms with van der Waals surface area (Å²) in [6, 6.07) is 23.4. The van der Waals surface area contributed by atoms with Gasteiger partial charge in [0.2, 0.25) is 27.9 Å². The van der Waals surface area contributed by atoms with Crippen LogP contribution in [-0.2, 0) is 25.4 Å². The SMILES string of the molecule is CC1=Cc2cc(Sc3cccc(C(C)(C)C)c3O[SiH](C)C)ccc2OC1(C)C.C[SiH](C)Oc1c(C(C)(C)C)cccc1S(=O)(=O)c1ccc2c(c1)[C@@H]1O[C@]1(C)C(C)(C)O2. The first kappa shape index (κ1) is 45.1. The first-order chi connectivity index (χ1) is 27.2. The normalized spacial score (nSPS) is 20.2. The molecule has 4 aromatic rings. The number of sulfone groups is 1. The van der Waals surface area contributed by atoms with E-state index in [1.807, 2.05) is 39.9 Å². The lowest BCUT2D eigenvalue weighted by molar-refractivity contribution is 0.0241. The minimum Gasteiger partial charge on any atom is -0.546 e. The maximum Gasteiger partial charge on any atom is 0.229 e. The summed E-state index contributed by atoms with van der Waals surface area (Å²) in [4.78, 5) is 2.84. The van der Waals surface area contributed by atoms with E-state index in [0.29, 0.717) is 11.5 Å². The molecule has 11 heteroatoms. The Kier molecular flexibility index (Phi) is 12.0. The van der Waals surface area contributed by atoms with Crippen LogP contribution in [0.2, 0.25) is 26.2 Å². The highest BCUT2D eigenvalue weighted by molar-refractivity contribution is 7.99. The van der Waals surface area contributed by atoms with Crippen molar-refractivity contribution >= 4 is 45.8 Å². The van der Waals surface area contributed by atoms with Crippen molar-refractivity contribution in [2.75, 3.05) is 0 Å². The third-order valence-electron chi connectivity index (χ3n) is 11.4. The van der Waals surface area contributed by atoms with Crippen molar-refractivity contribution in [2.24, 2.45) is 0 Å². The Morgan fingerprint density at radius 1 is 0.712 bits per heavy atom. The molecule has 0 bridgehead atoms. The first-order valence-electron chi connectivity index (χ1n) is 20.7. The Bertz CT molecular complexity index is 2390. The summed E-state index contributed by atoms with van der Waals surface area (Å²) in [7, 11) is -6.56. The largest absolute Gasteiger partial charge is 0.546 e. The van der Waals surface area contributed by atoms with E-state index in [9.17, 15) is 8.42 Å². The van der Waals surface area contributed by atoms with Crippen LogP contribution in [0.25, 0.3) is 6.08 Å². The number of hydrogen-bond donors (Lipinski definition) is 0. The van der Waals surface area contributed by atoms with Crippen molar-refractivity contribution in [3.05, 3.63) is 101 Å². The summed E-state index contributed by atoms with van der Waals surface area (Å²) < 4.78 is 58.5. The van der Waals surface area contributed by atoms with Crippen molar-refractivity contribution in [2.45, 2.75) is 163 Å². The molecule has 0 spiro atoms. The Hall–Kier alpha value is -3.49. The maximum atomic E-state index is 13.8. The van der Waals surface area contributed by atoms with Crippen molar-refractivity contribution in [3.8, 4) is 23.0 Å². The molecule has 3 aliphatic rings. The molecule has 0 N–H and O–H groups in total. The average Bonchev–Trinajstić information content (AvgIpc) is 3.82. The van der Waals surface area contributed by atoms with Gasteiger partial charge < -0.3 is 23.1 Å². The fourth-order valence-corrected chi connectivity index (χ4v) is 11.5. The van der Waals surface area contributed by atoms with Crippen LogP contribution in [0.1, 0.15) is 111 Å². The van der Waals surface area contributed by atoms with Gasteiger partial charge in [0.1, 0.15) is 50.8 Å². The fraction of sp³-hybridized carbons (Fsp3) is 0.458. The van der Waals surface area contributed by atoms with Crippen LogP contribution < -0.4 is 18.3 Å². The Morgan fingerprint density at radius 3 is 1.90 bits per heavy atom. The predicted molar refractivity (Wildman–Crippen MR) is 247 cm³/mol. The highest BCUT2D eigenvalue weighted by Crippen LogP contribution is 2.62. The van der Waals surface area contributed by atoms with E-state index in [-0.39, 0.29) is 32.3 Å². The maximum absolute atomic E-state index is 13.8. The van der Waals surface area contributed by atoms with Gasteiger partial charge in [-0.25, -0.2) is 8.42 Å². The van der Waals surface area contributed by atoms with Gasteiger partial charge in [-0.1, -0.05) is 77.6 Å². The lowest BCUT2D eigenvalue weighted by Crippen LogP contribution is -2.45. The van der Waals surface area contributed by atoms with Gasteiger partial charge in [-0.15, -0.1) is 0 Å². The van der Waals surface area contributed by atoms with Crippen LogP contribution in [0.15, 0.2) is 98.0 Å². The van der Waals surface area contributed by atoms with E-state index in [0.717, 1.165) is 28.2 Å². The van der Waals surface area contributed by atoms with Gasteiger partial charge in [0.25, 0.3) is 0 Å². The van der Waals surface area contributed by atoms with Crippen molar-refractivity contribution in [1.29, 1.82) is 0 Å². The lowest BCUT2D eigenvalue weighted by Gasteiger charge is -2.35. The minimum absolute atomic E-state index is 0.0460. The molecule has 0 aliphatic carbocycles. The molecule has 0 radical (unpaired) electrons. The monoisotopic (exact) mass is 872 g/mol. The number of para-hydroxylation sites is 2. The van der Waals surface area contributed by atoms with Crippen molar-refractivity contribution in [3.63, 3.8) is 0 Å². The van der Waals surface area contributed by atoms with Crippen LogP contribution in [0.3, 0.4) is 0 Å². The van der Waals surface area contributed by atoms with Crippen LogP contribution in [0.5, 0.6) is 23.0 Å². The van der Waals surface area contributed by atoms with Crippen LogP contribution >= 0.6 is 11.8 Å². The summed E-state index contributed by atoms with van der Waals surface area (Å²) in [6.07, 6.45) is 2.08. The summed E-state index contributed by atoms with van der Waals surface area (Å²) in [6.45, 7) is 33.8. The number of benzene rings is 4. The highest BCUT2D eigenvalue weighted by atomic mass is 32.2. The van der Waals surface area contributed by atoms with Crippen LogP contribution in [0.4, 0.5) is 0 Å². The quantitative estimate of drug-likeness (QED) is 0.128. The number of epoxide rings is 1. The zero-order chi connectivity index (χ0) is 43.7. The smallest absolute Gasteiger partial charge is 0.229 e. The molecule has 318 valence electrons. The molecule has 0 saturated carbocycles. The molecule has 3 heterocycles. The highest BCUT2D eigenvalue weighted by Gasteiger charge is 2.67. The van der Waals surface area contributed by atoms with Gasteiger partial charge in [-0.05, 0) is 150 Å². The van der Waals surface area contributed by atoms with E-state index in [4.69, 9.17) is 23.1 Å². The third-order valence-corrected chi connectivity index (χ3v) is 15.6. The van der Waals surface area contributed by atoms with Gasteiger partial charge >= 0.3 is 0 Å². The van der Waals surface area contributed by atoms with Crippen LogP contribution in [-0.4, -0.2) is 43.3 Å². The lowest BCUT2D eigenvalue weighted by atomic mass is 9.84. The average molecular weight is 873 g/mol. The summed E-state index contributed by atoms with van der Waals surface area (Å²) in [5.74, 6) is 3.18. The summed E-state index contributed by atoms with van der Waals surface area (Å²) in [5.41, 5.74) is 3.98.